The minimum Gasteiger partial charge on any atom is -0.365 e. The highest BCUT2D eigenvalue weighted by molar-refractivity contribution is 5.62. The van der Waals surface area contributed by atoms with Crippen LogP contribution in [0.1, 0.15) is 33.1 Å². The van der Waals surface area contributed by atoms with Crippen LogP contribution in [0, 0.1) is 0 Å². The Morgan fingerprint density at radius 1 is 1.38 bits per heavy atom. The summed E-state index contributed by atoms with van der Waals surface area (Å²) in [5.41, 5.74) is -0.516. The van der Waals surface area contributed by atoms with Gasteiger partial charge in [0.2, 0.25) is 0 Å². The van der Waals surface area contributed by atoms with Crippen LogP contribution < -0.4 is 5.32 Å². The van der Waals surface area contributed by atoms with Gasteiger partial charge in [-0.3, -0.25) is 0 Å². The highest BCUT2D eigenvalue weighted by Gasteiger charge is 2.32. The largest absolute Gasteiger partial charge is 0.365 e. The number of hydrogen-bond donors (Lipinski definition) is 1. The molecule has 1 heterocycles. The lowest BCUT2D eigenvalue weighted by atomic mass is 9.96. The first-order valence-electron chi connectivity index (χ1n) is 5.03. The van der Waals surface area contributed by atoms with E-state index >= 15 is 0 Å². The molecule has 1 N–H and O–H groups in total. The van der Waals surface area contributed by atoms with E-state index in [1.807, 2.05) is 13.8 Å². The molecule has 0 bridgehead atoms. The quantitative estimate of drug-likeness (QED) is 0.670. The number of nitrogens with one attached hydrogen (secondary N) is 1. The lowest BCUT2D eigenvalue weighted by Crippen LogP contribution is -2.37. The fourth-order valence-corrected chi connectivity index (χ4v) is 1.80. The van der Waals surface area contributed by atoms with Gasteiger partial charge in [-0.15, -0.1) is 0 Å². The van der Waals surface area contributed by atoms with Gasteiger partial charge in [0.1, 0.15) is 5.60 Å². The minimum atomic E-state index is -0.516. The Kier molecular flexibility index (Phi) is 3.88. The Morgan fingerprint density at radius 2 is 2.15 bits per heavy atom. The number of ether oxygens (including phenoxy) is 1. The maximum atomic E-state index is 11.0. The lowest BCUT2D eigenvalue weighted by molar-refractivity contribution is -0.139. The van der Waals surface area contributed by atoms with E-state index in [4.69, 9.17) is 4.74 Å². The van der Waals surface area contributed by atoms with Crippen molar-refractivity contribution in [3.8, 4) is 0 Å². The van der Waals surface area contributed by atoms with Crippen LogP contribution in [0.3, 0.4) is 0 Å². The van der Waals surface area contributed by atoms with Crippen molar-refractivity contribution < 1.29 is 9.53 Å². The van der Waals surface area contributed by atoms with Gasteiger partial charge in [0.25, 0.3) is 0 Å². The molecule has 1 atom stereocenters. The zero-order chi connectivity index (χ0) is 9.73. The second-order valence-corrected chi connectivity index (χ2v) is 3.95. The van der Waals surface area contributed by atoms with Crippen molar-refractivity contribution in [1.29, 1.82) is 0 Å². The molecular formula is C10H19NO2. The molecule has 0 radical (unpaired) electrons. The highest BCUT2D eigenvalue weighted by Crippen LogP contribution is 2.23. The van der Waals surface area contributed by atoms with Gasteiger partial charge in [-0.2, -0.15) is 0 Å². The number of hydrogen-bond acceptors (Lipinski definition) is 3. The summed E-state index contributed by atoms with van der Waals surface area (Å²) in [6, 6.07) is 0. The van der Waals surface area contributed by atoms with E-state index in [1.165, 1.54) is 0 Å². The first-order chi connectivity index (χ1) is 6.18. The van der Waals surface area contributed by atoms with Crippen molar-refractivity contribution in [2.75, 3.05) is 13.1 Å². The number of aldehydes is 1. The van der Waals surface area contributed by atoms with E-state index in [1.54, 1.807) is 0 Å². The topological polar surface area (TPSA) is 38.3 Å². The van der Waals surface area contributed by atoms with E-state index in [2.05, 4.69) is 5.32 Å². The Bertz CT molecular complexity index is 160. The normalized spacial score (nSPS) is 30.1. The van der Waals surface area contributed by atoms with Crippen molar-refractivity contribution in [2.45, 2.75) is 44.8 Å². The van der Waals surface area contributed by atoms with Crippen LogP contribution in [0.15, 0.2) is 0 Å². The Morgan fingerprint density at radius 3 is 2.77 bits per heavy atom. The number of rotatable bonds is 3. The molecule has 0 amide bonds. The molecule has 0 aromatic heterocycles. The van der Waals surface area contributed by atoms with Gasteiger partial charge in [-0.25, -0.2) is 0 Å². The summed E-state index contributed by atoms with van der Waals surface area (Å²) in [5.74, 6) is 0. The van der Waals surface area contributed by atoms with Crippen LogP contribution in [0.25, 0.3) is 0 Å². The molecule has 13 heavy (non-hydrogen) atoms. The molecule has 0 aromatic rings. The zero-order valence-corrected chi connectivity index (χ0v) is 8.51. The SMILES string of the molecule is CC(C)OC1(C=O)CCCNCC1. The smallest absolute Gasteiger partial charge is 0.151 e. The molecule has 1 saturated heterocycles. The van der Waals surface area contributed by atoms with Gasteiger partial charge < -0.3 is 14.8 Å². The summed E-state index contributed by atoms with van der Waals surface area (Å²) < 4.78 is 5.70. The van der Waals surface area contributed by atoms with Gasteiger partial charge in [-0.05, 0) is 46.2 Å². The predicted molar refractivity (Wildman–Crippen MR) is 51.7 cm³/mol. The average Bonchev–Trinajstić information content (AvgIpc) is 2.30. The third kappa shape index (κ3) is 3.08. The number of carbonyl (C=O) groups excluding carboxylic acids is 1. The van der Waals surface area contributed by atoms with Crippen molar-refractivity contribution >= 4 is 6.29 Å². The van der Waals surface area contributed by atoms with Gasteiger partial charge in [-0.1, -0.05) is 0 Å². The summed E-state index contributed by atoms with van der Waals surface area (Å²) in [6.07, 6.45) is 3.78. The van der Waals surface area contributed by atoms with E-state index in [0.29, 0.717) is 0 Å². The molecule has 0 spiro atoms. The molecule has 76 valence electrons. The van der Waals surface area contributed by atoms with E-state index in [-0.39, 0.29) is 6.10 Å². The van der Waals surface area contributed by atoms with Crippen molar-refractivity contribution in [3.05, 3.63) is 0 Å². The average molecular weight is 185 g/mol. The molecule has 0 saturated carbocycles. The Hall–Kier alpha value is -0.410. The first kappa shape index (κ1) is 10.7. The third-order valence-electron chi connectivity index (χ3n) is 2.36. The third-order valence-corrected chi connectivity index (χ3v) is 2.36. The van der Waals surface area contributed by atoms with Gasteiger partial charge >= 0.3 is 0 Å². The first-order valence-corrected chi connectivity index (χ1v) is 5.03. The van der Waals surface area contributed by atoms with Gasteiger partial charge in [0, 0.05) is 0 Å². The van der Waals surface area contributed by atoms with Crippen molar-refractivity contribution in [3.63, 3.8) is 0 Å². The lowest BCUT2D eigenvalue weighted by Gasteiger charge is -2.28. The second-order valence-electron chi connectivity index (χ2n) is 3.95. The standard InChI is InChI=1S/C10H19NO2/c1-9(2)13-10(8-12)4-3-6-11-7-5-10/h8-9,11H,3-7H2,1-2H3. The zero-order valence-electron chi connectivity index (χ0n) is 8.51. The van der Waals surface area contributed by atoms with Crippen LogP contribution in [0.2, 0.25) is 0 Å². The molecule has 1 unspecified atom stereocenters. The molecule has 1 fully saturated rings. The van der Waals surface area contributed by atoms with Gasteiger partial charge in [0.15, 0.2) is 6.29 Å². The predicted octanol–water partition coefficient (Wildman–Crippen LogP) is 1.12. The summed E-state index contributed by atoms with van der Waals surface area (Å²) in [4.78, 5) is 11.0. The summed E-state index contributed by atoms with van der Waals surface area (Å²) in [7, 11) is 0. The van der Waals surface area contributed by atoms with E-state index in [9.17, 15) is 4.79 Å². The van der Waals surface area contributed by atoms with Gasteiger partial charge in [0.05, 0.1) is 6.10 Å². The monoisotopic (exact) mass is 185 g/mol. The molecule has 0 aromatic carbocycles. The molecule has 1 rings (SSSR count). The summed E-state index contributed by atoms with van der Waals surface area (Å²) in [5, 5.41) is 3.27. The van der Waals surface area contributed by atoms with Crippen molar-refractivity contribution in [2.24, 2.45) is 0 Å². The highest BCUT2D eigenvalue weighted by atomic mass is 16.5. The molecule has 3 nitrogen and oxygen atoms in total. The maximum absolute atomic E-state index is 11.0. The van der Waals surface area contributed by atoms with Crippen LogP contribution >= 0.6 is 0 Å². The van der Waals surface area contributed by atoms with Crippen molar-refractivity contribution in [1.82, 2.24) is 5.32 Å². The van der Waals surface area contributed by atoms with E-state index in [0.717, 1.165) is 38.6 Å². The summed E-state index contributed by atoms with van der Waals surface area (Å²) in [6.45, 7) is 5.83. The Labute approximate surface area is 79.8 Å². The fraction of sp³-hybridized carbons (Fsp3) is 0.900. The molecule has 0 aliphatic carbocycles. The maximum Gasteiger partial charge on any atom is 0.151 e. The number of carbonyl (C=O) groups is 1. The van der Waals surface area contributed by atoms with Crippen LogP contribution in [0.5, 0.6) is 0 Å². The molecule has 1 aliphatic heterocycles. The second kappa shape index (κ2) is 4.72. The van der Waals surface area contributed by atoms with Crippen LogP contribution in [0.4, 0.5) is 0 Å². The summed E-state index contributed by atoms with van der Waals surface area (Å²) >= 11 is 0. The Balaban J connectivity index is 2.59. The molecular weight excluding hydrogens is 166 g/mol. The molecule has 3 heteroatoms. The molecule has 1 aliphatic rings. The fourth-order valence-electron chi connectivity index (χ4n) is 1.80. The van der Waals surface area contributed by atoms with Crippen LogP contribution in [-0.4, -0.2) is 31.1 Å². The van der Waals surface area contributed by atoms with Crippen LogP contribution in [-0.2, 0) is 9.53 Å². The van der Waals surface area contributed by atoms with E-state index < -0.39 is 5.60 Å². The minimum absolute atomic E-state index is 0.128.